The highest BCUT2D eigenvalue weighted by molar-refractivity contribution is 4.82. The highest BCUT2D eigenvalue weighted by Crippen LogP contribution is 2.42. The molecule has 0 amide bonds. The molecule has 0 aromatic rings. The summed E-state index contributed by atoms with van der Waals surface area (Å²) in [4.78, 5) is 0. The monoisotopic (exact) mass is 364 g/mol. The molecular formula is C25H48O. The standard InChI is InChI=1S/C25H48O/c1-3-5-6-7-8-9-10-11-12-22-13-17-24(18-14-22)25-19-15-23(16-20-25)21-26-4-2/h22-25H,3-21H2,1-2H3/t22?,23-,24?,25-. The van der Waals surface area contributed by atoms with Gasteiger partial charge in [-0.2, -0.15) is 0 Å². The van der Waals surface area contributed by atoms with Crippen LogP contribution in [0.2, 0.25) is 0 Å². The van der Waals surface area contributed by atoms with Crippen LogP contribution in [0, 0.1) is 23.7 Å². The van der Waals surface area contributed by atoms with E-state index in [2.05, 4.69) is 13.8 Å². The third kappa shape index (κ3) is 8.77. The van der Waals surface area contributed by atoms with Crippen molar-refractivity contribution in [2.24, 2.45) is 23.7 Å². The number of hydrogen-bond acceptors (Lipinski definition) is 1. The van der Waals surface area contributed by atoms with Gasteiger partial charge in [0.25, 0.3) is 0 Å². The molecule has 0 unspecified atom stereocenters. The number of rotatable bonds is 13. The molecule has 0 atom stereocenters. The van der Waals surface area contributed by atoms with Crippen LogP contribution in [-0.4, -0.2) is 13.2 Å². The summed E-state index contributed by atoms with van der Waals surface area (Å²) in [6.45, 7) is 6.34. The molecule has 0 N–H and O–H groups in total. The van der Waals surface area contributed by atoms with Crippen LogP contribution in [0.1, 0.15) is 123 Å². The van der Waals surface area contributed by atoms with Crippen molar-refractivity contribution in [3.05, 3.63) is 0 Å². The van der Waals surface area contributed by atoms with Crippen LogP contribution >= 0.6 is 0 Å². The predicted molar refractivity (Wildman–Crippen MR) is 115 cm³/mol. The summed E-state index contributed by atoms with van der Waals surface area (Å²) in [6, 6.07) is 0. The average Bonchev–Trinajstić information content (AvgIpc) is 2.69. The molecule has 2 aliphatic carbocycles. The molecule has 0 bridgehead atoms. The van der Waals surface area contributed by atoms with Crippen molar-refractivity contribution in [1.29, 1.82) is 0 Å². The Balaban J connectivity index is 1.46. The van der Waals surface area contributed by atoms with Crippen molar-refractivity contribution in [3.8, 4) is 0 Å². The molecule has 0 aromatic carbocycles. The Morgan fingerprint density at radius 1 is 0.577 bits per heavy atom. The van der Waals surface area contributed by atoms with Gasteiger partial charge in [0, 0.05) is 13.2 Å². The molecular weight excluding hydrogens is 316 g/mol. The third-order valence-corrected chi connectivity index (χ3v) is 7.47. The zero-order valence-electron chi connectivity index (χ0n) is 18.2. The van der Waals surface area contributed by atoms with E-state index in [1.807, 2.05) is 0 Å². The van der Waals surface area contributed by atoms with Crippen molar-refractivity contribution >= 4 is 0 Å². The Kier molecular flexibility index (Phi) is 12.0. The summed E-state index contributed by atoms with van der Waals surface area (Å²) in [5.41, 5.74) is 0. The Labute approximate surface area is 165 Å². The highest BCUT2D eigenvalue weighted by atomic mass is 16.5. The lowest BCUT2D eigenvalue weighted by Gasteiger charge is -2.38. The maximum atomic E-state index is 5.65. The van der Waals surface area contributed by atoms with Crippen molar-refractivity contribution in [2.75, 3.05) is 13.2 Å². The van der Waals surface area contributed by atoms with Gasteiger partial charge in [-0.05, 0) is 69.1 Å². The van der Waals surface area contributed by atoms with Crippen molar-refractivity contribution < 1.29 is 4.74 Å². The van der Waals surface area contributed by atoms with Gasteiger partial charge in [-0.15, -0.1) is 0 Å². The van der Waals surface area contributed by atoms with Crippen LogP contribution in [0.15, 0.2) is 0 Å². The van der Waals surface area contributed by atoms with Gasteiger partial charge in [-0.1, -0.05) is 77.6 Å². The molecule has 0 heterocycles. The molecule has 2 rings (SSSR count). The lowest BCUT2D eigenvalue weighted by Crippen LogP contribution is -2.27. The Hall–Kier alpha value is -0.0400. The number of hydrogen-bond donors (Lipinski definition) is 0. The second-order valence-corrected chi connectivity index (χ2v) is 9.48. The fraction of sp³-hybridized carbons (Fsp3) is 1.00. The minimum absolute atomic E-state index is 0.865. The maximum Gasteiger partial charge on any atom is 0.0494 e. The van der Waals surface area contributed by atoms with Crippen molar-refractivity contribution in [1.82, 2.24) is 0 Å². The van der Waals surface area contributed by atoms with Gasteiger partial charge in [0.1, 0.15) is 0 Å². The zero-order valence-corrected chi connectivity index (χ0v) is 18.2. The fourth-order valence-electron chi connectivity index (χ4n) is 5.63. The zero-order chi connectivity index (χ0) is 18.5. The molecule has 0 aliphatic heterocycles. The van der Waals surface area contributed by atoms with E-state index in [1.165, 1.54) is 83.5 Å². The predicted octanol–water partition coefficient (Wildman–Crippen LogP) is 8.17. The molecule has 2 aliphatic rings. The minimum atomic E-state index is 0.865. The van der Waals surface area contributed by atoms with Crippen LogP contribution in [0.25, 0.3) is 0 Å². The van der Waals surface area contributed by atoms with E-state index >= 15 is 0 Å². The van der Waals surface area contributed by atoms with Crippen molar-refractivity contribution in [2.45, 2.75) is 123 Å². The van der Waals surface area contributed by atoms with Crippen LogP contribution in [0.4, 0.5) is 0 Å². The summed E-state index contributed by atoms with van der Waals surface area (Å²) >= 11 is 0. The van der Waals surface area contributed by atoms with E-state index in [1.54, 1.807) is 25.7 Å². The highest BCUT2D eigenvalue weighted by Gasteiger charge is 2.30. The normalized spacial score (nSPS) is 29.8. The first-order valence-electron chi connectivity index (χ1n) is 12.4. The van der Waals surface area contributed by atoms with Gasteiger partial charge in [0.2, 0.25) is 0 Å². The molecule has 1 heteroatoms. The van der Waals surface area contributed by atoms with Gasteiger partial charge < -0.3 is 4.74 Å². The molecule has 0 saturated heterocycles. The summed E-state index contributed by atoms with van der Waals surface area (Å²) in [5.74, 6) is 4.06. The Morgan fingerprint density at radius 2 is 1.08 bits per heavy atom. The van der Waals surface area contributed by atoms with Gasteiger partial charge in [0.15, 0.2) is 0 Å². The molecule has 0 aromatic heterocycles. The second-order valence-electron chi connectivity index (χ2n) is 9.48. The van der Waals surface area contributed by atoms with Crippen LogP contribution < -0.4 is 0 Å². The fourth-order valence-corrected chi connectivity index (χ4v) is 5.63. The number of unbranched alkanes of at least 4 members (excludes halogenated alkanes) is 7. The summed E-state index contributed by atoms with van der Waals surface area (Å²) in [5, 5.41) is 0. The van der Waals surface area contributed by atoms with E-state index in [-0.39, 0.29) is 0 Å². The SMILES string of the molecule is CCCCCCCCCCC1CCC([C@H]2CC[C@H](COCC)CC2)CC1. The van der Waals surface area contributed by atoms with Gasteiger partial charge in [0.05, 0.1) is 0 Å². The van der Waals surface area contributed by atoms with E-state index in [0.717, 1.165) is 36.9 Å². The molecule has 154 valence electrons. The lowest BCUT2D eigenvalue weighted by atomic mass is 9.69. The molecule has 0 spiro atoms. The molecule has 2 saturated carbocycles. The Bertz CT molecular complexity index is 310. The van der Waals surface area contributed by atoms with Gasteiger partial charge >= 0.3 is 0 Å². The lowest BCUT2D eigenvalue weighted by molar-refractivity contribution is 0.0710. The van der Waals surface area contributed by atoms with Gasteiger partial charge in [-0.25, -0.2) is 0 Å². The van der Waals surface area contributed by atoms with E-state index in [4.69, 9.17) is 4.74 Å². The first-order valence-corrected chi connectivity index (χ1v) is 12.4. The third-order valence-electron chi connectivity index (χ3n) is 7.47. The number of ether oxygens (including phenoxy) is 1. The summed E-state index contributed by atoms with van der Waals surface area (Å²) in [6.07, 6.45) is 25.3. The van der Waals surface area contributed by atoms with E-state index < -0.39 is 0 Å². The molecule has 1 nitrogen and oxygen atoms in total. The Morgan fingerprint density at radius 3 is 1.62 bits per heavy atom. The quantitative estimate of drug-likeness (QED) is 0.299. The van der Waals surface area contributed by atoms with Crippen LogP contribution in [0.3, 0.4) is 0 Å². The second kappa shape index (κ2) is 14.0. The first kappa shape index (κ1) is 22.3. The average molecular weight is 365 g/mol. The van der Waals surface area contributed by atoms with Crippen molar-refractivity contribution in [3.63, 3.8) is 0 Å². The molecule has 2 fully saturated rings. The molecule has 0 radical (unpaired) electrons. The topological polar surface area (TPSA) is 9.23 Å². The summed E-state index contributed by atoms with van der Waals surface area (Å²) in [7, 11) is 0. The largest absolute Gasteiger partial charge is 0.381 e. The van der Waals surface area contributed by atoms with Gasteiger partial charge in [-0.3, -0.25) is 0 Å². The summed E-state index contributed by atoms with van der Waals surface area (Å²) < 4.78 is 5.65. The molecule has 26 heavy (non-hydrogen) atoms. The first-order chi connectivity index (χ1) is 12.8. The van der Waals surface area contributed by atoms with Crippen LogP contribution in [0.5, 0.6) is 0 Å². The minimum Gasteiger partial charge on any atom is -0.381 e. The van der Waals surface area contributed by atoms with Crippen LogP contribution in [-0.2, 0) is 4.74 Å². The smallest absolute Gasteiger partial charge is 0.0494 e. The van der Waals surface area contributed by atoms with E-state index in [0.29, 0.717) is 0 Å². The van der Waals surface area contributed by atoms with E-state index in [9.17, 15) is 0 Å². The maximum absolute atomic E-state index is 5.65.